The second kappa shape index (κ2) is 6.99. The van der Waals surface area contributed by atoms with E-state index in [-0.39, 0.29) is 23.3 Å². The highest BCUT2D eigenvalue weighted by Crippen LogP contribution is 2.24. The zero-order chi connectivity index (χ0) is 17.1. The number of thioether (sulfide) groups is 1. The van der Waals surface area contributed by atoms with Gasteiger partial charge >= 0.3 is 5.97 Å². The van der Waals surface area contributed by atoms with Crippen LogP contribution in [-0.2, 0) is 4.79 Å². The minimum atomic E-state index is -1.19. The molecule has 23 heavy (non-hydrogen) atoms. The second-order valence-corrected chi connectivity index (χ2v) is 6.55. The van der Waals surface area contributed by atoms with Crippen molar-refractivity contribution < 1.29 is 19.5 Å². The summed E-state index contributed by atoms with van der Waals surface area (Å²) in [4.78, 5) is 43.0. The summed E-state index contributed by atoms with van der Waals surface area (Å²) in [6, 6.07) is 3.76. The molecule has 7 nitrogen and oxygen atoms in total. The zero-order valence-corrected chi connectivity index (χ0v) is 14.0. The Labute approximate surface area is 138 Å². The van der Waals surface area contributed by atoms with Gasteiger partial charge in [-0.25, -0.2) is 9.78 Å². The van der Waals surface area contributed by atoms with Crippen molar-refractivity contribution >= 4 is 29.5 Å². The minimum absolute atomic E-state index is 0.0393. The van der Waals surface area contributed by atoms with E-state index in [0.717, 1.165) is 0 Å². The van der Waals surface area contributed by atoms with Crippen LogP contribution < -0.4 is 0 Å². The molecule has 2 heterocycles. The summed E-state index contributed by atoms with van der Waals surface area (Å²) in [5, 5.41) is 8.98. The van der Waals surface area contributed by atoms with Crippen molar-refractivity contribution in [3.63, 3.8) is 0 Å². The third-order valence-corrected chi connectivity index (χ3v) is 4.75. The van der Waals surface area contributed by atoms with Gasteiger partial charge in [0.2, 0.25) is 5.91 Å². The van der Waals surface area contributed by atoms with Gasteiger partial charge in [-0.05, 0) is 26.0 Å². The van der Waals surface area contributed by atoms with Gasteiger partial charge in [0, 0.05) is 18.8 Å². The van der Waals surface area contributed by atoms with Crippen molar-refractivity contribution in [1.29, 1.82) is 0 Å². The van der Waals surface area contributed by atoms with Crippen LogP contribution in [0.3, 0.4) is 0 Å². The quantitative estimate of drug-likeness (QED) is 0.887. The molecular formula is C15H19N3O4S. The Balaban J connectivity index is 2.22. The SMILES string of the molecule is CC(C)N(C)C(=O)C1CSCN1C(=O)c1cccc(C(=O)O)n1. The van der Waals surface area contributed by atoms with Crippen molar-refractivity contribution in [2.45, 2.75) is 25.9 Å². The lowest BCUT2D eigenvalue weighted by Gasteiger charge is -2.29. The van der Waals surface area contributed by atoms with Crippen LogP contribution in [0.1, 0.15) is 34.8 Å². The summed E-state index contributed by atoms with van der Waals surface area (Å²) in [6.07, 6.45) is 0. The number of rotatable bonds is 4. The molecule has 1 N–H and O–H groups in total. The summed E-state index contributed by atoms with van der Waals surface area (Å²) in [6.45, 7) is 3.81. The van der Waals surface area contributed by atoms with Crippen molar-refractivity contribution in [2.75, 3.05) is 18.7 Å². The minimum Gasteiger partial charge on any atom is -0.477 e. The average Bonchev–Trinajstić information content (AvgIpc) is 3.02. The number of carboxylic acid groups (broad SMARTS) is 1. The van der Waals surface area contributed by atoms with Gasteiger partial charge in [0.15, 0.2) is 0 Å². The first-order valence-electron chi connectivity index (χ1n) is 7.18. The largest absolute Gasteiger partial charge is 0.477 e. The molecule has 2 rings (SSSR count). The first kappa shape index (κ1) is 17.3. The summed E-state index contributed by atoms with van der Waals surface area (Å²) >= 11 is 1.49. The molecule has 0 radical (unpaired) electrons. The van der Waals surface area contributed by atoms with Gasteiger partial charge in [0.1, 0.15) is 17.4 Å². The Morgan fingerprint density at radius 2 is 2.00 bits per heavy atom. The molecule has 1 aromatic rings. The fraction of sp³-hybridized carbons (Fsp3) is 0.467. The first-order valence-corrected chi connectivity index (χ1v) is 8.34. The number of aromatic nitrogens is 1. The molecule has 0 aromatic carbocycles. The number of carbonyl (C=O) groups excluding carboxylic acids is 2. The van der Waals surface area contributed by atoms with E-state index in [1.54, 1.807) is 11.9 Å². The fourth-order valence-corrected chi connectivity index (χ4v) is 3.30. The lowest BCUT2D eigenvalue weighted by molar-refractivity contribution is -0.135. The fourth-order valence-electron chi connectivity index (χ4n) is 2.16. The number of hydrogen-bond acceptors (Lipinski definition) is 5. The van der Waals surface area contributed by atoms with Gasteiger partial charge in [-0.1, -0.05) is 6.07 Å². The van der Waals surface area contributed by atoms with E-state index in [2.05, 4.69) is 4.98 Å². The van der Waals surface area contributed by atoms with E-state index in [1.807, 2.05) is 13.8 Å². The Hall–Kier alpha value is -2.09. The van der Waals surface area contributed by atoms with Crippen LogP contribution in [0, 0.1) is 0 Å². The number of nitrogens with zero attached hydrogens (tertiary/aromatic N) is 3. The Bertz CT molecular complexity index is 635. The van der Waals surface area contributed by atoms with Crippen LogP contribution in [-0.4, -0.2) is 68.4 Å². The zero-order valence-electron chi connectivity index (χ0n) is 13.2. The second-order valence-electron chi connectivity index (χ2n) is 5.55. The monoisotopic (exact) mass is 337 g/mol. The maximum atomic E-state index is 12.6. The van der Waals surface area contributed by atoms with E-state index in [9.17, 15) is 14.4 Å². The van der Waals surface area contributed by atoms with Gasteiger partial charge in [-0.2, -0.15) is 0 Å². The molecule has 0 saturated carbocycles. The standard InChI is InChI=1S/C15H19N3O4S/c1-9(2)17(3)14(20)12-7-23-8-18(12)13(19)10-5-4-6-11(16-10)15(21)22/h4-6,9,12H,7-8H2,1-3H3,(H,21,22). The van der Waals surface area contributed by atoms with Crippen molar-refractivity contribution in [2.24, 2.45) is 0 Å². The topological polar surface area (TPSA) is 90.8 Å². The Morgan fingerprint density at radius 3 is 2.61 bits per heavy atom. The maximum absolute atomic E-state index is 12.6. The van der Waals surface area contributed by atoms with Gasteiger partial charge in [0.25, 0.3) is 5.91 Å². The highest BCUT2D eigenvalue weighted by Gasteiger charge is 2.37. The third kappa shape index (κ3) is 3.64. The molecule has 1 saturated heterocycles. The van der Waals surface area contributed by atoms with E-state index in [4.69, 9.17) is 5.11 Å². The lowest BCUT2D eigenvalue weighted by atomic mass is 10.2. The van der Waals surface area contributed by atoms with E-state index < -0.39 is 17.9 Å². The van der Waals surface area contributed by atoms with Gasteiger partial charge in [0.05, 0.1) is 5.88 Å². The highest BCUT2D eigenvalue weighted by molar-refractivity contribution is 7.99. The molecule has 2 amide bonds. The molecule has 1 aliphatic heterocycles. The highest BCUT2D eigenvalue weighted by atomic mass is 32.2. The number of carboxylic acids is 1. The van der Waals surface area contributed by atoms with Crippen molar-refractivity contribution in [3.05, 3.63) is 29.6 Å². The molecule has 0 aliphatic carbocycles. The molecule has 1 aliphatic rings. The van der Waals surface area contributed by atoms with Crippen LogP contribution in [0.4, 0.5) is 0 Å². The van der Waals surface area contributed by atoms with E-state index in [1.165, 1.54) is 34.9 Å². The van der Waals surface area contributed by atoms with Crippen LogP contribution in [0.15, 0.2) is 18.2 Å². The molecule has 0 bridgehead atoms. The van der Waals surface area contributed by atoms with E-state index in [0.29, 0.717) is 11.6 Å². The number of likely N-dealkylation sites (N-methyl/N-ethyl adjacent to an activating group) is 1. The van der Waals surface area contributed by atoms with E-state index >= 15 is 0 Å². The number of pyridine rings is 1. The molecule has 1 unspecified atom stereocenters. The summed E-state index contributed by atoms with van der Waals surface area (Å²) in [5.74, 6) is -0.815. The average molecular weight is 337 g/mol. The number of carbonyl (C=O) groups is 3. The van der Waals surface area contributed by atoms with Crippen LogP contribution in [0.25, 0.3) is 0 Å². The summed E-state index contributed by atoms with van der Waals surface area (Å²) in [7, 11) is 1.71. The van der Waals surface area contributed by atoms with Gasteiger partial charge < -0.3 is 14.9 Å². The van der Waals surface area contributed by atoms with Crippen LogP contribution in [0.2, 0.25) is 0 Å². The molecule has 1 fully saturated rings. The predicted octanol–water partition coefficient (Wildman–Crippen LogP) is 1.16. The van der Waals surface area contributed by atoms with Crippen molar-refractivity contribution in [1.82, 2.24) is 14.8 Å². The molecule has 8 heteroatoms. The van der Waals surface area contributed by atoms with Crippen molar-refractivity contribution in [3.8, 4) is 0 Å². The Kier molecular flexibility index (Phi) is 5.25. The van der Waals surface area contributed by atoms with Gasteiger partial charge in [-0.3, -0.25) is 9.59 Å². The molecule has 1 atom stereocenters. The number of amides is 2. The number of aromatic carboxylic acids is 1. The molecule has 1 aromatic heterocycles. The number of hydrogen-bond donors (Lipinski definition) is 1. The summed E-state index contributed by atoms with van der Waals surface area (Å²) < 4.78 is 0. The van der Waals surface area contributed by atoms with Gasteiger partial charge in [-0.15, -0.1) is 11.8 Å². The normalized spacial score (nSPS) is 17.4. The van der Waals surface area contributed by atoms with Crippen LogP contribution in [0.5, 0.6) is 0 Å². The lowest BCUT2D eigenvalue weighted by Crippen LogP contribution is -2.49. The Morgan fingerprint density at radius 1 is 1.35 bits per heavy atom. The predicted molar refractivity (Wildman–Crippen MR) is 86.4 cm³/mol. The smallest absolute Gasteiger partial charge is 0.354 e. The first-order chi connectivity index (χ1) is 10.8. The third-order valence-electron chi connectivity index (χ3n) is 3.74. The maximum Gasteiger partial charge on any atom is 0.354 e. The molecule has 124 valence electrons. The van der Waals surface area contributed by atoms with Crippen LogP contribution >= 0.6 is 11.8 Å². The summed E-state index contributed by atoms with van der Waals surface area (Å²) in [5.41, 5.74) is -0.151. The molecular weight excluding hydrogens is 318 g/mol. The molecule has 0 spiro atoms.